The van der Waals surface area contributed by atoms with E-state index in [9.17, 15) is 0 Å². The van der Waals surface area contributed by atoms with Crippen molar-refractivity contribution in [3.8, 4) is 11.5 Å². The van der Waals surface area contributed by atoms with Crippen LogP contribution in [0, 0.1) is 0 Å². The van der Waals surface area contributed by atoms with Gasteiger partial charge < -0.3 is 5.73 Å². The Morgan fingerprint density at radius 2 is 2.13 bits per heavy atom. The number of rotatable bonds is 2. The molecule has 0 fully saturated rings. The Kier molecular flexibility index (Phi) is 2.44. The minimum Gasteiger partial charge on any atom is -0.375 e. The van der Waals surface area contributed by atoms with Crippen molar-refractivity contribution < 1.29 is 0 Å². The van der Waals surface area contributed by atoms with E-state index < -0.39 is 0 Å². The molecule has 0 bridgehead atoms. The van der Waals surface area contributed by atoms with Gasteiger partial charge in [0, 0.05) is 18.3 Å². The normalized spacial score (nSPS) is 11.2. The third-order valence-corrected chi connectivity index (χ3v) is 2.72. The van der Waals surface area contributed by atoms with Crippen LogP contribution in [0.3, 0.4) is 0 Å². The first kappa shape index (κ1) is 10.1. The standard InChI is InChI=1S/C9H13N5S/c1-5(2)7-12-8(14(3)13-7)6-4-15-9(10)11-6/h4-5H,1-3H3,(H2,10,11). The van der Waals surface area contributed by atoms with E-state index in [-0.39, 0.29) is 0 Å². The maximum absolute atomic E-state index is 5.58. The molecular formula is C9H13N5S. The Hall–Kier alpha value is -1.43. The van der Waals surface area contributed by atoms with Gasteiger partial charge in [-0.3, -0.25) is 0 Å². The van der Waals surface area contributed by atoms with E-state index in [1.807, 2.05) is 12.4 Å². The van der Waals surface area contributed by atoms with Crippen LogP contribution >= 0.6 is 11.3 Å². The predicted octanol–water partition coefficient (Wildman–Crippen LogP) is 1.64. The van der Waals surface area contributed by atoms with Crippen LogP contribution in [0.5, 0.6) is 0 Å². The van der Waals surface area contributed by atoms with Gasteiger partial charge in [0.05, 0.1) is 0 Å². The zero-order valence-corrected chi connectivity index (χ0v) is 9.75. The number of hydrogen-bond donors (Lipinski definition) is 1. The Balaban J connectivity index is 2.44. The highest BCUT2D eigenvalue weighted by Crippen LogP contribution is 2.22. The fourth-order valence-electron chi connectivity index (χ4n) is 1.26. The number of nitrogens with zero attached hydrogens (tertiary/aromatic N) is 4. The summed E-state index contributed by atoms with van der Waals surface area (Å²) in [6.07, 6.45) is 0. The molecule has 80 valence electrons. The van der Waals surface area contributed by atoms with Crippen molar-refractivity contribution in [1.82, 2.24) is 19.7 Å². The molecule has 2 heterocycles. The first-order chi connectivity index (χ1) is 7.08. The van der Waals surface area contributed by atoms with E-state index in [4.69, 9.17) is 5.73 Å². The van der Waals surface area contributed by atoms with Crippen molar-refractivity contribution in [2.75, 3.05) is 5.73 Å². The SMILES string of the molecule is CC(C)c1nc(-c2csc(N)n2)n(C)n1. The first-order valence-electron chi connectivity index (χ1n) is 4.70. The van der Waals surface area contributed by atoms with Crippen molar-refractivity contribution in [3.63, 3.8) is 0 Å². The second kappa shape index (κ2) is 3.62. The second-order valence-electron chi connectivity index (χ2n) is 3.64. The fraction of sp³-hybridized carbons (Fsp3) is 0.444. The lowest BCUT2D eigenvalue weighted by atomic mass is 10.2. The first-order valence-corrected chi connectivity index (χ1v) is 5.58. The van der Waals surface area contributed by atoms with E-state index in [0.29, 0.717) is 11.0 Å². The van der Waals surface area contributed by atoms with Crippen LogP contribution in [0.1, 0.15) is 25.6 Å². The molecule has 0 saturated carbocycles. The molecule has 0 atom stereocenters. The summed E-state index contributed by atoms with van der Waals surface area (Å²) in [6.45, 7) is 4.13. The predicted molar refractivity (Wildman–Crippen MR) is 60.6 cm³/mol. The molecule has 0 amide bonds. The maximum atomic E-state index is 5.58. The molecule has 0 saturated heterocycles. The number of hydrogen-bond acceptors (Lipinski definition) is 5. The van der Waals surface area contributed by atoms with Gasteiger partial charge in [0.2, 0.25) is 0 Å². The summed E-state index contributed by atoms with van der Waals surface area (Å²) in [4.78, 5) is 8.62. The van der Waals surface area contributed by atoms with Crippen LogP contribution in [-0.2, 0) is 7.05 Å². The molecule has 2 rings (SSSR count). The monoisotopic (exact) mass is 223 g/mol. The topological polar surface area (TPSA) is 69.6 Å². The van der Waals surface area contributed by atoms with Gasteiger partial charge in [-0.05, 0) is 0 Å². The van der Waals surface area contributed by atoms with E-state index in [2.05, 4.69) is 28.9 Å². The Morgan fingerprint density at radius 3 is 2.60 bits per heavy atom. The molecule has 0 aliphatic rings. The lowest BCUT2D eigenvalue weighted by Gasteiger charge is -1.93. The Bertz CT molecular complexity index is 471. The lowest BCUT2D eigenvalue weighted by molar-refractivity contribution is 0.712. The summed E-state index contributed by atoms with van der Waals surface area (Å²) in [7, 11) is 1.86. The second-order valence-corrected chi connectivity index (χ2v) is 4.53. The van der Waals surface area contributed by atoms with E-state index in [1.165, 1.54) is 11.3 Å². The molecular weight excluding hydrogens is 210 g/mol. The summed E-state index contributed by atoms with van der Waals surface area (Å²) >= 11 is 1.41. The molecule has 0 unspecified atom stereocenters. The molecule has 2 aromatic heterocycles. The van der Waals surface area contributed by atoms with Crippen molar-refractivity contribution in [2.24, 2.45) is 7.05 Å². The van der Waals surface area contributed by atoms with Crippen molar-refractivity contribution in [1.29, 1.82) is 0 Å². The summed E-state index contributed by atoms with van der Waals surface area (Å²) in [5, 5.41) is 6.77. The van der Waals surface area contributed by atoms with Gasteiger partial charge in [0.1, 0.15) is 5.69 Å². The third kappa shape index (κ3) is 1.85. The van der Waals surface area contributed by atoms with Crippen LogP contribution in [0.25, 0.3) is 11.5 Å². The molecule has 0 spiro atoms. The quantitative estimate of drug-likeness (QED) is 0.840. The highest BCUT2D eigenvalue weighted by atomic mass is 32.1. The fourth-order valence-corrected chi connectivity index (χ4v) is 1.80. The number of aryl methyl sites for hydroxylation is 1. The zero-order chi connectivity index (χ0) is 11.0. The van der Waals surface area contributed by atoms with Gasteiger partial charge in [-0.2, -0.15) is 5.10 Å². The molecule has 15 heavy (non-hydrogen) atoms. The number of nitrogens with two attached hydrogens (primary N) is 1. The highest BCUT2D eigenvalue weighted by molar-refractivity contribution is 7.13. The van der Waals surface area contributed by atoms with Crippen LogP contribution in [-0.4, -0.2) is 19.7 Å². The Morgan fingerprint density at radius 1 is 1.40 bits per heavy atom. The lowest BCUT2D eigenvalue weighted by Crippen LogP contribution is -1.95. The number of aromatic nitrogens is 4. The molecule has 6 heteroatoms. The summed E-state index contributed by atoms with van der Waals surface area (Å²) in [5.74, 6) is 1.92. The highest BCUT2D eigenvalue weighted by Gasteiger charge is 2.13. The molecule has 0 aliphatic heterocycles. The van der Waals surface area contributed by atoms with Crippen LogP contribution in [0.2, 0.25) is 0 Å². The molecule has 0 aliphatic carbocycles. The Labute approximate surface area is 92.0 Å². The molecule has 0 radical (unpaired) electrons. The van der Waals surface area contributed by atoms with Gasteiger partial charge in [0.25, 0.3) is 0 Å². The number of anilines is 1. The van der Waals surface area contributed by atoms with Crippen LogP contribution < -0.4 is 5.73 Å². The third-order valence-electron chi connectivity index (χ3n) is 2.05. The van der Waals surface area contributed by atoms with Crippen molar-refractivity contribution >= 4 is 16.5 Å². The summed E-state index contributed by atoms with van der Waals surface area (Å²) < 4.78 is 1.74. The van der Waals surface area contributed by atoms with Crippen LogP contribution in [0.4, 0.5) is 5.13 Å². The average molecular weight is 223 g/mol. The molecule has 0 aromatic carbocycles. The average Bonchev–Trinajstić information content (AvgIpc) is 2.71. The number of thiazole rings is 1. The van der Waals surface area contributed by atoms with Gasteiger partial charge in [-0.15, -0.1) is 11.3 Å². The van der Waals surface area contributed by atoms with E-state index in [1.54, 1.807) is 4.68 Å². The van der Waals surface area contributed by atoms with Crippen molar-refractivity contribution in [3.05, 3.63) is 11.2 Å². The van der Waals surface area contributed by atoms with Gasteiger partial charge in [0.15, 0.2) is 16.8 Å². The van der Waals surface area contributed by atoms with Crippen LogP contribution in [0.15, 0.2) is 5.38 Å². The van der Waals surface area contributed by atoms with Gasteiger partial charge in [-0.1, -0.05) is 13.8 Å². The van der Waals surface area contributed by atoms with E-state index >= 15 is 0 Å². The van der Waals surface area contributed by atoms with Gasteiger partial charge in [-0.25, -0.2) is 14.6 Å². The maximum Gasteiger partial charge on any atom is 0.180 e. The van der Waals surface area contributed by atoms with E-state index in [0.717, 1.165) is 17.3 Å². The largest absolute Gasteiger partial charge is 0.375 e. The zero-order valence-electron chi connectivity index (χ0n) is 8.93. The summed E-state index contributed by atoms with van der Waals surface area (Å²) in [6, 6.07) is 0. The molecule has 5 nitrogen and oxygen atoms in total. The molecule has 2 aromatic rings. The van der Waals surface area contributed by atoms with Gasteiger partial charge >= 0.3 is 0 Å². The smallest absolute Gasteiger partial charge is 0.180 e. The minimum absolute atomic E-state index is 0.320. The molecule has 2 N–H and O–H groups in total. The minimum atomic E-state index is 0.320. The summed E-state index contributed by atoms with van der Waals surface area (Å²) in [5.41, 5.74) is 6.37. The van der Waals surface area contributed by atoms with Crippen molar-refractivity contribution in [2.45, 2.75) is 19.8 Å². The number of nitrogen functional groups attached to an aromatic ring is 1.